The maximum Gasteiger partial charge on any atom is 0.199 e. The number of aromatic nitrogens is 1. The Bertz CT molecular complexity index is 2490. The van der Waals surface area contributed by atoms with Crippen LogP contribution in [0.3, 0.4) is 0 Å². The van der Waals surface area contributed by atoms with E-state index in [-0.39, 0.29) is 12.5 Å². The van der Waals surface area contributed by atoms with Gasteiger partial charge in [0.2, 0.25) is 0 Å². The summed E-state index contributed by atoms with van der Waals surface area (Å²) < 4.78 is 2.55. The Morgan fingerprint density at radius 1 is 0.429 bits per heavy atom. The van der Waals surface area contributed by atoms with Gasteiger partial charge >= 0.3 is 0 Å². The van der Waals surface area contributed by atoms with Crippen molar-refractivity contribution in [1.29, 1.82) is 0 Å². The largest absolute Gasteiger partial charge is 0.303 e. The highest BCUT2D eigenvalue weighted by molar-refractivity contribution is 6.14. The van der Waals surface area contributed by atoms with Gasteiger partial charge in [0, 0.05) is 21.9 Å². The van der Waals surface area contributed by atoms with Crippen LogP contribution in [-0.2, 0) is 0 Å². The van der Waals surface area contributed by atoms with Gasteiger partial charge in [0.05, 0.1) is 11.0 Å². The van der Waals surface area contributed by atoms with Gasteiger partial charge in [0.25, 0.3) is 0 Å². The zero-order chi connectivity index (χ0) is 32.3. The van der Waals surface area contributed by atoms with Gasteiger partial charge in [-0.15, -0.1) is 5.01 Å². The maximum atomic E-state index is 5.37. The van der Waals surface area contributed by atoms with E-state index in [2.05, 4.69) is 197 Å². The predicted molar refractivity (Wildman–Crippen MR) is 201 cm³/mol. The van der Waals surface area contributed by atoms with Gasteiger partial charge in [-0.05, 0) is 51.6 Å². The molecule has 7 aromatic carbocycles. The standard InChI is InChI=1S/C45H32N4/c1-5-15-31(16-6-1)33-25-27-36(28-26-33)44-46-43(35-21-11-4-12-22-35)48-45(49(44)48)47-41-24-14-13-23-38(41)40-30-37(32-17-7-2-8-18-32)29-39(42(40)47)34-19-9-3-10-20-34/h1-30,43,45H. The van der Waals surface area contributed by atoms with Crippen LogP contribution < -0.4 is 0 Å². The molecule has 0 saturated carbocycles. The van der Waals surface area contributed by atoms with E-state index in [1.165, 1.54) is 60.8 Å². The number of nitrogens with zero attached hydrogens (tertiary/aromatic N) is 4. The molecule has 2 aliphatic heterocycles. The molecule has 2 aliphatic rings. The van der Waals surface area contributed by atoms with Crippen LogP contribution in [0.5, 0.6) is 0 Å². The van der Waals surface area contributed by atoms with Crippen molar-refractivity contribution >= 4 is 27.6 Å². The second kappa shape index (κ2) is 11.2. The minimum Gasteiger partial charge on any atom is -0.303 e. The minimum absolute atomic E-state index is 0.0426. The van der Waals surface area contributed by atoms with Gasteiger partial charge in [0.1, 0.15) is 0 Å². The topological polar surface area (TPSA) is 23.3 Å². The van der Waals surface area contributed by atoms with Crippen LogP contribution in [0, 0.1) is 0 Å². The van der Waals surface area contributed by atoms with E-state index in [0.717, 1.165) is 11.4 Å². The Kier molecular flexibility index (Phi) is 6.36. The molecule has 3 unspecified atom stereocenters. The van der Waals surface area contributed by atoms with Crippen molar-refractivity contribution in [2.75, 3.05) is 0 Å². The molecule has 232 valence electrons. The molecule has 0 aliphatic carbocycles. The summed E-state index contributed by atoms with van der Waals surface area (Å²) in [6.45, 7) is 0. The first-order valence-electron chi connectivity index (χ1n) is 16.9. The van der Waals surface area contributed by atoms with Crippen LogP contribution in [0.25, 0.3) is 55.2 Å². The molecule has 0 spiro atoms. The molecule has 1 aromatic heterocycles. The highest BCUT2D eigenvalue weighted by Crippen LogP contribution is 2.55. The van der Waals surface area contributed by atoms with Gasteiger partial charge < -0.3 is 4.57 Å². The lowest BCUT2D eigenvalue weighted by Crippen LogP contribution is -2.14. The third kappa shape index (κ3) is 4.53. The monoisotopic (exact) mass is 628 g/mol. The molecule has 49 heavy (non-hydrogen) atoms. The Morgan fingerprint density at radius 2 is 0.959 bits per heavy atom. The van der Waals surface area contributed by atoms with E-state index in [9.17, 15) is 0 Å². The summed E-state index contributed by atoms with van der Waals surface area (Å²) in [5, 5.41) is 7.33. The lowest BCUT2D eigenvalue weighted by molar-refractivity contribution is 0.331. The predicted octanol–water partition coefficient (Wildman–Crippen LogP) is 10.9. The third-order valence-electron chi connectivity index (χ3n) is 9.94. The number of fused-ring (bicyclic) bond motifs is 4. The van der Waals surface area contributed by atoms with Gasteiger partial charge in [-0.25, -0.2) is 10.0 Å². The van der Waals surface area contributed by atoms with Crippen LogP contribution in [0.1, 0.15) is 23.6 Å². The summed E-state index contributed by atoms with van der Waals surface area (Å²) in [6, 6.07) is 65.3. The van der Waals surface area contributed by atoms with Crippen molar-refractivity contribution in [3.05, 3.63) is 193 Å². The summed E-state index contributed by atoms with van der Waals surface area (Å²) in [5.74, 6) is 0.992. The molecule has 4 nitrogen and oxygen atoms in total. The molecule has 3 atom stereocenters. The maximum absolute atomic E-state index is 5.37. The lowest BCUT2D eigenvalue weighted by Gasteiger charge is -2.16. The second-order valence-electron chi connectivity index (χ2n) is 12.8. The molecular weight excluding hydrogens is 597 g/mol. The van der Waals surface area contributed by atoms with Gasteiger partial charge in [0.15, 0.2) is 18.3 Å². The molecule has 0 amide bonds. The molecule has 8 aromatic rings. The minimum atomic E-state index is -0.130. The first kappa shape index (κ1) is 27.8. The van der Waals surface area contributed by atoms with Crippen molar-refractivity contribution in [2.24, 2.45) is 4.99 Å². The summed E-state index contributed by atoms with van der Waals surface area (Å²) in [5.41, 5.74) is 12.0. The molecule has 3 heterocycles. The van der Waals surface area contributed by atoms with Crippen molar-refractivity contribution < 1.29 is 0 Å². The number of hydrogen-bond acceptors (Lipinski definition) is 3. The van der Waals surface area contributed by atoms with Gasteiger partial charge in [-0.1, -0.05) is 164 Å². The fourth-order valence-corrected chi connectivity index (χ4v) is 7.61. The summed E-state index contributed by atoms with van der Waals surface area (Å²) in [6.07, 6.45) is -0.172. The van der Waals surface area contributed by atoms with Crippen molar-refractivity contribution in [1.82, 2.24) is 14.6 Å². The number of para-hydroxylation sites is 1. The van der Waals surface area contributed by atoms with Gasteiger partial charge in [-0.2, -0.15) is 0 Å². The number of benzene rings is 7. The Balaban J connectivity index is 1.18. The molecule has 1 fully saturated rings. The lowest BCUT2D eigenvalue weighted by atomic mass is 9.95. The number of hydrazine groups is 1. The fraction of sp³-hybridized carbons (Fsp3) is 0.0444. The first-order valence-corrected chi connectivity index (χ1v) is 16.9. The summed E-state index contributed by atoms with van der Waals surface area (Å²) >= 11 is 0. The zero-order valence-electron chi connectivity index (χ0n) is 26.8. The molecule has 4 heteroatoms. The van der Waals surface area contributed by atoms with Crippen molar-refractivity contribution in [3.63, 3.8) is 0 Å². The highest BCUT2D eigenvalue weighted by Gasteiger charge is 2.59. The van der Waals surface area contributed by atoms with E-state index >= 15 is 0 Å². The fourth-order valence-electron chi connectivity index (χ4n) is 7.61. The number of aliphatic imine (C=N–C) groups is 1. The third-order valence-corrected chi connectivity index (χ3v) is 9.94. The summed E-state index contributed by atoms with van der Waals surface area (Å²) in [7, 11) is 0. The quantitative estimate of drug-likeness (QED) is 0.171. The Morgan fingerprint density at radius 3 is 1.63 bits per heavy atom. The number of amidine groups is 1. The van der Waals surface area contributed by atoms with Crippen molar-refractivity contribution in [3.8, 4) is 33.4 Å². The second-order valence-corrected chi connectivity index (χ2v) is 12.8. The smallest absolute Gasteiger partial charge is 0.199 e. The Labute approximate surface area is 285 Å². The average molecular weight is 629 g/mol. The van der Waals surface area contributed by atoms with E-state index in [4.69, 9.17) is 4.99 Å². The molecule has 10 rings (SSSR count). The van der Waals surface area contributed by atoms with E-state index in [1.807, 2.05) is 0 Å². The van der Waals surface area contributed by atoms with Crippen LogP contribution in [-0.4, -0.2) is 20.4 Å². The summed E-state index contributed by atoms with van der Waals surface area (Å²) in [4.78, 5) is 5.37. The van der Waals surface area contributed by atoms with Crippen LogP contribution >= 0.6 is 0 Å². The van der Waals surface area contributed by atoms with E-state index in [0.29, 0.717) is 0 Å². The average Bonchev–Trinajstić information content (AvgIpc) is 3.61. The number of rotatable bonds is 6. The normalized spacial score (nSPS) is 18.1. The molecule has 0 bridgehead atoms. The van der Waals surface area contributed by atoms with E-state index < -0.39 is 0 Å². The molecule has 0 N–H and O–H groups in total. The van der Waals surface area contributed by atoms with Crippen LogP contribution in [0.15, 0.2) is 187 Å². The van der Waals surface area contributed by atoms with Crippen LogP contribution in [0.4, 0.5) is 0 Å². The Hall–Kier alpha value is -6.23. The van der Waals surface area contributed by atoms with E-state index in [1.54, 1.807) is 0 Å². The zero-order valence-corrected chi connectivity index (χ0v) is 26.8. The SMILES string of the molecule is c1ccc(-c2ccc(C3=NC(c4ccccc4)N4C(n5c6ccccc6c6cc(-c7ccccc7)cc(-c7ccccc7)c65)N34)cc2)cc1. The molecular formula is C45H32N4. The van der Waals surface area contributed by atoms with Crippen molar-refractivity contribution in [2.45, 2.75) is 12.5 Å². The van der Waals surface area contributed by atoms with Gasteiger partial charge in [-0.3, -0.25) is 0 Å². The molecule has 1 saturated heterocycles. The highest BCUT2D eigenvalue weighted by atomic mass is 16.0. The number of hydrogen-bond donors (Lipinski definition) is 0. The first-order chi connectivity index (χ1) is 24.3. The molecule has 0 radical (unpaired) electrons. The van der Waals surface area contributed by atoms with Crippen LogP contribution in [0.2, 0.25) is 0 Å².